The Morgan fingerprint density at radius 1 is 1.50 bits per heavy atom. The molecule has 1 amide bonds. The Bertz CT molecular complexity index is 631. The van der Waals surface area contributed by atoms with Crippen LogP contribution in [0.4, 0.5) is 5.69 Å². The number of ether oxygens (including phenoxy) is 1. The number of nitrogens with one attached hydrogen (secondary N) is 1. The van der Waals surface area contributed by atoms with Gasteiger partial charge in [-0.2, -0.15) is 20.3 Å². The number of hydrogen-bond acceptors (Lipinski definition) is 6. The van der Waals surface area contributed by atoms with E-state index in [1.165, 1.54) is 0 Å². The number of amides is 1. The van der Waals surface area contributed by atoms with Gasteiger partial charge in [0, 0.05) is 0 Å². The first-order valence-corrected chi connectivity index (χ1v) is 6.40. The first kappa shape index (κ1) is 17.6. The summed E-state index contributed by atoms with van der Waals surface area (Å²) in [5.74, 6) is -0.336. The molecule has 0 aliphatic carbocycles. The van der Waals surface area contributed by atoms with E-state index in [4.69, 9.17) is 15.9 Å². The van der Waals surface area contributed by atoms with Crippen molar-refractivity contribution in [3.63, 3.8) is 0 Å². The molecule has 0 spiro atoms. The van der Waals surface area contributed by atoms with E-state index >= 15 is 0 Å². The van der Waals surface area contributed by atoms with Gasteiger partial charge in [-0.25, -0.2) is 0 Å². The molecule has 3 N–H and O–H groups in total. The quantitative estimate of drug-likeness (QED) is 0.501. The van der Waals surface area contributed by atoms with Gasteiger partial charge in [0.25, 0.3) is 5.91 Å². The molecule has 22 heavy (non-hydrogen) atoms. The van der Waals surface area contributed by atoms with Crippen molar-refractivity contribution in [3.8, 4) is 5.75 Å². The third-order valence-electron chi connectivity index (χ3n) is 2.77. The van der Waals surface area contributed by atoms with Crippen LogP contribution in [0.25, 0.3) is 0 Å². The molecule has 0 fully saturated rings. The third-order valence-corrected chi connectivity index (χ3v) is 2.77. The van der Waals surface area contributed by atoms with E-state index < -0.39 is 17.9 Å². The summed E-state index contributed by atoms with van der Waals surface area (Å²) in [6.07, 6.45) is 0. The van der Waals surface area contributed by atoms with Crippen LogP contribution in [0.2, 0.25) is 0 Å². The topological polar surface area (TPSA) is 116 Å². The maximum Gasteiger partial charge on any atom is 0.282 e. The van der Waals surface area contributed by atoms with Crippen molar-refractivity contribution in [2.45, 2.75) is 19.9 Å². The second-order valence-electron chi connectivity index (χ2n) is 4.30. The lowest BCUT2D eigenvalue weighted by Gasteiger charge is -2.09. The molecule has 1 aromatic carbocycles. The molecule has 0 saturated carbocycles. The second kappa shape index (κ2) is 7.51. The number of nitrogens with zero attached hydrogens (tertiary/aromatic N) is 4. The van der Waals surface area contributed by atoms with Crippen LogP contribution >= 0.6 is 12.4 Å². The van der Waals surface area contributed by atoms with E-state index in [-0.39, 0.29) is 12.4 Å². The predicted octanol–water partition coefficient (Wildman–Crippen LogP) is 2.07. The molecule has 1 aliphatic heterocycles. The molecule has 1 aromatic rings. The summed E-state index contributed by atoms with van der Waals surface area (Å²) in [6.45, 7) is 4.02. The molecule has 0 aromatic heterocycles. The summed E-state index contributed by atoms with van der Waals surface area (Å²) in [4.78, 5) is 12.0. The molecular formula is C13H17ClN6O2. The molecule has 1 heterocycles. The molecule has 1 aliphatic rings. The largest absolute Gasteiger partial charge is 0.492 e. The second-order valence-corrected chi connectivity index (χ2v) is 4.30. The lowest BCUT2D eigenvalue weighted by molar-refractivity contribution is -0.126. The van der Waals surface area contributed by atoms with Crippen LogP contribution in [0.3, 0.4) is 0 Å². The maximum absolute atomic E-state index is 12.0. The minimum Gasteiger partial charge on any atom is -0.492 e. The maximum atomic E-state index is 12.0. The van der Waals surface area contributed by atoms with Crippen LogP contribution in [-0.4, -0.2) is 35.2 Å². The van der Waals surface area contributed by atoms with Crippen molar-refractivity contribution in [2.75, 3.05) is 6.61 Å². The molecule has 9 heteroatoms. The lowest BCUT2D eigenvalue weighted by Crippen LogP contribution is -2.38. The molecule has 0 saturated heterocycles. The van der Waals surface area contributed by atoms with Crippen molar-refractivity contribution in [1.29, 1.82) is 5.41 Å². The highest BCUT2D eigenvalue weighted by atomic mass is 35.5. The zero-order valence-corrected chi connectivity index (χ0v) is 13.0. The van der Waals surface area contributed by atoms with Gasteiger partial charge in [0.15, 0.2) is 6.04 Å². The normalized spacial score (nSPS) is 17.4. The van der Waals surface area contributed by atoms with Gasteiger partial charge in [-0.05, 0) is 26.0 Å². The number of azo groups is 1. The number of guanidine groups is 1. The first-order chi connectivity index (χ1) is 10.0. The van der Waals surface area contributed by atoms with Crippen LogP contribution in [-0.2, 0) is 4.79 Å². The van der Waals surface area contributed by atoms with E-state index in [1.54, 1.807) is 25.1 Å². The molecular weight excluding hydrogens is 308 g/mol. The Kier molecular flexibility index (Phi) is 6.00. The number of carbonyl (C=O) groups is 1. The van der Waals surface area contributed by atoms with Crippen molar-refractivity contribution in [2.24, 2.45) is 21.1 Å². The standard InChI is InChI=1S/C13H16N6O2.ClH/c1-3-21-10-7-5-4-6-9(10)16-17-11-8(2)18-19(12(11)20)13(14)15;/h4-7,11H,3H2,1-2H3,(H3,14,15);1H. The summed E-state index contributed by atoms with van der Waals surface area (Å²) in [5.41, 5.74) is 6.24. The fourth-order valence-electron chi connectivity index (χ4n) is 1.80. The number of hydrogen-bond donors (Lipinski definition) is 2. The van der Waals surface area contributed by atoms with Gasteiger partial charge in [0.2, 0.25) is 5.96 Å². The number of halogens is 1. The van der Waals surface area contributed by atoms with E-state index in [9.17, 15) is 4.79 Å². The summed E-state index contributed by atoms with van der Waals surface area (Å²) >= 11 is 0. The molecule has 1 unspecified atom stereocenters. The molecule has 0 radical (unpaired) electrons. The number of benzene rings is 1. The molecule has 8 nitrogen and oxygen atoms in total. The number of carbonyl (C=O) groups excluding carboxylic acids is 1. The van der Waals surface area contributed by atoms with E-state index in [0.29, 0.717) is 23.8 Å². The van der Waals surface area contributed by atoms with Gasteiger partial charge in [0.1, 0.15) is 11.4 Å². The molecule has 0 bridgehead atoms. The zero-order chi connectivity index (χ0) is 15.4. The summed E-state index contributed by atoms with van der Waals surface area (Å²) < 4.78 is 5.43. The number of nitrogens with two attached hydrogens (primary N) is 1. The Hall–Kier alpha value is -2.48. The van der Waals surface area contributed by atoms with E-state index in [0.717, 1.165) is 5.01 Å². The van der Waals surface area contributed by atoms with Gasteiger partial charge in [-0.3, -0.25) is 10.2 Å². The van der Waals surface area contributed by atoms with Gasteiger partial charge < -0.3 is 10.5 Å². The minimum absolute atomic E-state index is 0. The third kappa shape index (κ3) is 3.59. The summed E-state index contributed by atoms with van der Waals surface area (Å²) in [5, 5.41) is 20.0. The Morgan fingerprint density at radius 2 is 2.18 bits per heavy atom. The minimum atomic E-state index is -0.858. The fourth-order valence-corrected chi connectivity index (χ4v) is 1.80. The van der Waals surface area contributed by atoms with Crippen molar-refractivity contribution < 1.29 is 9.53 Å². The highest BCUT2D eigenvalue weighted by Gasteiger charge is 2.35. The average Bonchev–Trinajstić information content (AvgIpc) is 2.74. The Balaban J connectivity index is 0.00000242. The summed E-state index contributed by atoms with van der Waals surface area (Å²) in [7, 11) is 0. The predicted molar refractivity (Wildman–Crippen MR) is 85.0 cm³/mol. The first-order valence-electron chi connectivity index (χ1n) is 6.40. The Labute approximate surface area is 134 Å². The summed E-state index contributed by atoms with van der Waals surface area (Å²) in [6, 6.07) is 6.29. The zero-order valence-electron chi connectivity index (χ0n) is 12.2. The van der Waals surface area contributed by atoms with Crippen molar-refractivity contribution in [3.05, 3.63) is 24.3 Å². The number of para-hydroxylation sites is 1. The van der Waals surface area contributed by atoms with Crippen molar-refractivity contribution in [1.82, 2.24) is 5.01 Å². The Morgan fingerprint density at radius 3 is 2.77 bits per heavy atom. The SMILES string of the molecule is CCOc1ccccc1N=NC1C(=O)N(C(=N)N)N=C1C.Cl. The number of rotatable bonds is 4. The van der Waals surface area contributed by atoms with Crippen molar-refractivity contribution >= 4 is 35.7 Å². The van der Waals surface area contributed by atoms with Crippen LogP contribution in [0.1, 0.15) is 13.8 Å². The van der Waals surface area contributed by atoms with Crippen LogP contribution in [0.5, 0.6) is 5.75 Å². The van der Waals surface area contributed by atoms with Crippen LogP contribution in [0, 0.1) is 5.41 Å². The molecule has 118 valence electrons. The monoisotopic (exact) mass is 324 g/mol. The molecule has 1 atom stereocenters. The van der Waals surface area contributed by atoms with Crippen LogP contribution < -0.4 is 10.5 Å². The lowest BCUT2D eigenvalue weighted by atomic mass is 10.2. The highest BCUT2D eigenvalue weighted by Crippen LogP contribution is 2.28. The van der Waals surface area contributed by atoms with E-state index in [2.05, 4.69) is 15.3 Å². The molecule has 2 rings (SSSR count). The fraction of sp³-hybridized carbons (Fsp3) is 0.308. The average molecular weight is 325 g/mol. The van der Waals surface area contributed by atoms with Gasteiger partial charge >= 0.3 is 0 Å². The van der Waals surface area contributed by atoms with E-state index in [1.807, 2.05) is 13.0 Å². The van der Waals surface area contributed by atoms with Gasteiger partial charge in [-0.15, -0.1) is 12.4 Å². The van der Waals surface area contributed by atoms with Gasteiger partial charge in [-0.1, -0.05) is 12.1 Å². The smallest absolute Gasteiger partial charge is 0.282 e. The number of hydrazone groups is 1. The van der Waals surface area contributed by atoms with Crippen LogP contribution in [0.15, 0.2) is 39.6 Å². The highest BCUT2D eigenvalue weighted by molar-refractivity contribution is 6.15. The van der Waals surface area contributed by atoms with Gasteiger partial charge in [0.05, 0.1) is 12.3 Å².